The maximum Gasteiger partial charge on any atom is 0.302 e. The minimum absolute atomic E-state index is 0.257. The van der Waals surface area contributed by atoms with Crippen molar-refractivity contribution in [1.29, 1.82) is 0 Å². The molecule has 0 aliphatic carbocycles. The third-order valence-electron chi connectivity index (χ3n) is 1.76. The van der Waals surface area contributed by atoms with Gasteiger partial charge in [-0.2, -0.15) is 0 Å². The van der Waals surface area contributed by atoms with Gasteiger partial charge in [0.2, 0.25) is 0 Å². The summed E-state index contributed by atoms with van der Waals surface area (Å²) < 4.78 is 4.78. The van der Waals surface area contributed by atoms with Crippen LogP contribution in [0, 0.1) is 0 Å². The minimum atomic E-state index is -0.257. The highest BCUT2D eigenvalue weighted by Crippen LogP contribution is 2.12. The fraction of sp³-hybridized carbons (Fsp3) is 0.400. The van der Waals surface area contributed by atoms with E-state index in [0.29, 0.717) is 24.7 Å². The lowest BCUT2D eigenvalue weighted by Gasteiger charge is -2.07. The summed E-state index contributed by atoms with van der Waals surface area (Å²) in [5.41, 5.74) is 6.29. The Morgan fingerprint density at radius 3 is 3.13 bits per heavy atom. The van der Waals surface area contributed by atoms with Crippen molar-refractivity contribution in [2.24, 2.45) is 0 Å². The van der Waals surface area contributed by atoms with Gasteiger partial charge in [-0.1, -0.05) is 0 Å². The van der Waals surface area contributed by atoms with Gasteiger partial charge in [0.15, 0.2) is 0 Å². The zero-order valence-electron chi connectivity index (χ0n) is 8.69. The number of pyridine rings is 1. The number of hydrogen-bond acceptors (Lipinski definition) is 5. The van der Waals surface area contributed by atoms with Gasteiger partial charge in [0, 0.05) is 19.7 Å². The monoisotopic (exact) mass is 209 g/mol. The summed E-state index contributed by atoms with van der Waals surface area (Å²) in [4.78, 5) is 14.5. The summed E-state index contributed by atoms with van der Waals surface area (Å²) in [5, 5.41) is 3.06. The average Bonchev–Trinajstić information content (AvgIpc) is 2.20. The molecule has 0 saturated heterocycles. The van der Waals surface area contributed by atoms with E-state index >= 15 is 0 Å². The molecule has 0 aliphatic heterocycles. The summed E-state index contributed by atoms with van der Waals surface area (Å²) in [6.07, 6.45) is 2.40. The fourth-order valence-corrected chi connectivity index (χ4v) is 1.06. The van der Waals surface area contributed by atoms with E-state index in [-0.39, 0.29) is 5.97 Å². The third kappa shape index (κ3) is 4.30. The van der Waals surface area contributed by atoms with Crippen LogP contribution in [0.15, 0.2) is 18.3 Å². The van der Waals surface area contributed by atoms with Crippen molar-refractivity contribution in [1.82, 2.24) is 4.98 Å². The number of carbonyl (C=O) groups is 1. The van der Waals surface area contributed by atoms with E-state index in [2.05, 4.69) is 10.3 Å². The molecular weight excluding hydrogens is 194 g/mol. The molecule has 0 atom stereocenters. The van der Waals surface area contributed by atoms with Gasteiger partial charge in [0.1, 0.15) is 5.82 Å². The lowest BCUT2D eigenvalue weighted by Crippen LogP contribution is -2.09. The quantitative estimate of drug-likeness (QED) is 0.559. The van der Waals surface area contributed by atoms with Crippen molar-refractivity contribution in [3.05, 3.63) is 18.3 Å². The van der Waals surface area contributed by atoms with Crippen molar-refractivity contribution < 1.29 is 9.53 Å². The smallest absolute Gasteiger partial charge is 0.302 e. The summed E-state index contributed by atoms with van der Waals surface area (Å²) >= 11 is 0. The van der Waals surface area contributed by atoms with E-state index in [4.69, 9.17) is 10.5 Å². The number of hydrogen-bond donors (Lipinski definition) is 2. The zero-order chi connectivity index (χ0) is 11.1. The van der Waals surface area contributed by atoms with Gasteiger partial charge in [-0.15, -0.1) is 0 Å². The summed E-state index contributed by atoms with van der Waals surface area (Å²) in [6.45, 7) is 2.48. The number of rotatable bonds is 5. The summed E-state index contributed by atoms with van der Waals surface area (Å²) in [7, 11) is 0. The second kappa shape index (κ2) is 5.85. The number of esters is 1. The second-order valence-corrected chi connectivity index (χ2v) is 3.06. The highest BCUT2D eigenvalue weighted by Gasteiger charge is 1.97. The topological polar surface area (TPSA) is 77.2 Å². The van der Waals surface area contributed by atoms with Gasteiger partial charge in [-0.3, -0.25) is 4.79 Å². The highest BCUT2D eigenvalue weighted by atomic mass is 16.5. The molecule has 1 aromatic rings. The van der Waals surface area contributed by atoms with Crippen LogP contribution in [0.3, 0.4) is 0 Å². The molecule has 3 N–H and O–H groups in total. The second-order valence-electron chi connectivity index (χ2n) is 3.06. The Balaban J connectivity index is 2.21. The minimum Gasteiger partial charge on any atom is -0.466 e. The lowest BCUT2D eigenvalue weighted by atomic mass is 10.4. The first-order valence-corrected chi connectivity index (χ1v) is 4.78. The number of carbonyl (C=O) groups excluding carboxylic acids is 1. The van der Waals surface area contributed by atoms with Crippen LogP contribution in [0.5, 0.6) is 0 Å². The number of nitrogens with zero attached hydrogens (tertiary/aromatic N) is 1. The predicted octanol–water partition coefficient (Wildman–Crippen LogP) is 1.03. The molecule has 82 valence electrons. The molecule has 1 rings (SSSR count). The zero-order valence-corrected chi connectivity index (χ0v) is 8.69. The van der Waals surface area contributed by atoms with Crippen LogP contribution in [0.25, 0.3) is 0 Å². The predicted molar refractivity (Wildman–Crippen MR) is 58.4 cm³/mol. The number of anilines is 2. The van der Waals surface area contributed by atoms with Crippen molar-refractivity contribution in [3.63, 3.8) is 0 Å². The summed E-state index contributed by atoms with van der Waals surface area (Å²) in [5.74, 6) is 0.410. The molecule has 0 unspecified atom stereocenters. The molecule has 0 fully saturated rings. The molecule has 5 heteroatoms. The van der Waals surface area contributed by atoms with E-state index < -0.39 is 0 Å². The van der Waals surface area contributed by atoms with Crippen LogP contribution < -0.4 is 11.1 Å². The average molecular weight is 209 g/mol. The molecule has 0 bridgehead atoms. The van der Waals surface area contributed by atoms with Crippen molar-refractivity contribution in [2.75, 3.05) is 24.2 Å². The first-order valence-electron chi connectivity index (χ1n) is 4.78. The van der Waals surface area contributed by atoms with Crippen LogP contribution in [-0.2, 0) is 9.53 Å². The van der Waals surface area contributed by atoms with Gasteiger partial charge in [0.05, 0.1) is 12.3 Å². The fourth-order valence-electron chi connectivity index (χ4n) is 1.06. The molecular formula is C10H15N3O2. The third-order valence-corrected chi connectivity index (χ3v) is 1.76. The van der Waals surface area contributed by atoms with E-state index in [1.807, 2.05) is 0 Å². The maximum absolute atomic E-state index is 10.5. The largest absolute Gasteiger partial charge is 0.466 e. The van der Waals surface area contributed by atoms with Crippen LogP contribution in [0.2, 0.25) is 0 Å². The lowest BCUT2D eigenvalue weighted by molar-refractivity contribution is -0.140. The van der Waals surface area contributed by atoms with Gasteiger partial charge in [-0.25, -0.2) is 4.98 Å². The maximum atomic E-state index is 10.5. The van der Waals surface area contributed by atoms with E-state index in [1.165, 1.54) is 6.92 Å². The number of ether oxygens (including phenoxy) is 1. The van der Waals surface area contributed by atoms with Gasteiger partial charge < -0.3 is 15.8 Å². The molecule has 15 heavy (non-hydrogen) atoms. The van der Waals surface area contributed by atoms with Crippen molar-refractivity contribution in [3.8, 4) is 0 Å². The molecule has 5 nitrogen and oxygen atoms in total. The van der Waals surface area contributed by atoms with Crippen LogP contribution in [0.4, 0.5) is 11.5 Å². The molecule has 0 radical (unpaired) electrons. The van der Waals surface area contributed by atoms with E-state index in [9.17, 15) is 4.79 Å². The Hall–Kier alpha value is -1.78. The van der Waals surface area contributed by atoms with Crippen LogP contribution >= 0.6 is 0 Å². The van der Waals surface area contributed by atoms with Gasteiger partial charge in [0.25, 0.3) is 0 Å². The Labute approximate surface area is 88.6 Å². The molecule has 0 spiro atoms. The highest BCUT2D eigenvalue weighted by molar-refractivity contribution is 5.65. The molecule has 0 aliphatic rings. The number of nitrogens with two attached hydrogens (primary N) is 1. The standard InChI is InChI=1S/C10H15N3O2/c1-8(14)15-7-3-6-13-10-9(11)4-2-5-12-10/h2,4-5H,3,6-7,11H2,1H3,(H,12,13). The number of nitrogens with one attached hydrogen (secondary N) is 1. The van der Waals surface area contributed by atoms with E-state index in [1.54, 1.807) is 18.3 Å². The van der Waals surface area contributed by atoms with E-state index in [0.717, 1.165) is 6.42 Å². The van der Waals surface area contributed by atoms with Crippen molar-refractivity contribution >= 4 is 17.5 Å². The summed E-state index contributed by atoms with van der Waals surface area (Å²) in [6, 6.07) is 3.56. The Bertz CT molecular complexity index is 328. The molecule has 0 saturated carbocycles. The normalized spacial score (nSPS) is 9.67. The number of aromatic nitrogens is 1. The molecule has 0 aromatic carbocycles. The Kier molecular flexibility index (Phi) is 4.40. The first kappa shape index (κ1) is 11.3. The molecule has 0 amide bonds. The van der Waals surface area contributed by atoms with Gasteiger partial charge in [-0.05, 0) is 18.6 Å². The van der Waals surface area contributed by atoms with Crippen LogP contribution in [0.1, 0.15) is 13.3 Å². The van der Waals surface area contributed by atoms with Crippen LogP contribution in [-0.4, -0.2) is 24.1 Å². The SMILES string of the molecule is CC(=O)OCCCNc1ncccc1N. The number of nitrogen functional groups attached to an aromatic ring is 1. The Morgan fingerprint density at radius 1 is 1.67 bits per heavy atom. The molecule has 1 aromatic heterocycles. The van der Waals surface area contributed by atoms with Gasteiger partial charge >= 0.3 is 5.97 Å². The Morgan fingerprint density at radius 2 is 2.47 bits per heavy atom. The molecule has 1 heterocycles. The van der Waals surface area contributed by atoms with Crippen molar-refractivity contribution in [2.45, 2.75) is 13.3 Å². The first-order chi connectivity index (χ1) is 7.20.